The number of hydrogen-bond acceptors (Lipinski definition) is 6. The smallest absolute Gasteiger partial charge is 0.160 e. The summed E-state index contributed by atoms with van der Waals surface area (Å²) in [6.45, 7) is 9.83. The second-order valence-electron chi connectivity index (χ2n) is 11.3. The van der Waals surface area contributed by atoms with Crippen LogP contribution in [0.5, 0.6) is 0 Å². The van der Waals surface area contributed by atoms with Gasteiger partial charge in [-0.3, -0.25) is 0 Å². The third-order valence-corrected chi connectivity index (χ3v) is 8.94. The van der Waals surface area contributed by atoms with E-state index in [-0.39, 0.29) is 23.6 Å². The summed E-state index contributed by atoms with van der Waals surface area (Å²) in [4.78, 5) is 17.0. The van der Waals surface area contributed by atoms with E-state index < -0.39 is 0 Å². The van der Waals surface area contributed by atoms with Gasteiger partial charge in [0.15, 0.2) is 6.29 Å². The van der Waals surface area contributed by atoms with Gasteiger partial charge < -0.3 is 19.3 Å². The quantitative estimate of drug-likeness (QED) is 0.434. The molecule has 8 atom stereocenters. The molecule has 5 fully saturated rings. The SMILES string of the molecule is C[C@H]1[C@@H](OCCCCCN2C=CN(C)C2)O[C@@H]2C[C@]3(C)CC[C@H]4[C@H](C)CC[C@@H]1[C@@]24OO3. The molecule has 0 aromatic heterocycles. The summed E-state index contributed by atoms with van der Waals surface area (Å²) in [6.07, 6.45) is 13.5. The second-order valence-corrected chi connectivity index (χ2v) is 11.3. The van der Waals surface area contributed by atoms with Crippen molar-refractivity contribution in [1.82, 2.24) is 9.80 Å². The zero-order chi connectivity index (χ0) is 21.6. The predicted molar refractivity (Wildman–Crippen MR) is 119 cm³/mol. The molecule has 3 saturated heterocycles. The number of fused-ring (bicyclic) bond motifs is 2. The van der Waals surface area contributed by atoms with Gasteiger partial charge >= 0.3 is 0 Å². The Bertz CT molecular complexity index is 674. The topological polar surface area (TPSA) is 43.4 Å². The van der Waals surface area contributed by atoms with Crippen LogP contribution in [0.15, 0.2) is 12.4 Å². The van der Waals surface area contributed by atoms with Crippen molar-refractivity contribution < 1.29 is 19.2 Å². The molecule has 6 rings (SSSR count). The van der Waals surface area contributed by atoms with Gasteiger partial charge in [0.25, 0.3) is 0 Å². The standard InChI is InChI=1S/C25H42N2O4/c1-18-8-9-21-19(2)23(28-15-7-5-6-12-27-14-13-26(4)17-27)29-22-16-24(3)11-10-20(18)25(21,22)31-30-24/h13-14,18-23H,5-12,15-17H2,1-4H3/t18-,19-,20+,21+,22-,23+,24+,25-/m1/s1. The largest absolute Gasteiger partial charge is 0.362 e. The molecule has 4 aliphatic heterocycles. The van der Waals surface area contributed by atoms with Crippen molar-refractivity contribution in [2.75, 3.05) is 26.9 Å². The average molecular weight is 435 g/mol. The van der Waals surface area contributed by atoms with Gasteiger partial charge in [0.1, 0.15) is 11.2 Å². The first-order valence-corrected chi connectivity index (χ1v) is 12.7. The normalized spacial score (nSPS) is 46.3. The lowest BCUT2D eigenvalue weighted by Crippen LogP contribution is -2.69. The molecule has 0 aromatic carbocycles. The molecule has 31 heavy (non-hydrogen) atoms. The van der Waals surface area contributed by atoms with E-state index in [0.717, 1.165) is 39.1 Å². The maximum absolute atomic E-state index is 6.71. The lowest BCUT2D eigenvalue weighted by Gasteiger charge is -2.61. The Morgan fingerprint density at radius 1 is 1.03 bits per heavy atom. The minimum Gasteiger partial charge on any atom is -0.362 e. The van der Waals surface area contributed by atoms with E-state index in [0.29, 0.717) is 23.7 Å². The van der Waals surface area contributed by atoms with E-state index in [9.17, 15) is 0 Å². The van der Waals surface area contributed by atoms with Crippen molar-refractivity contribution >= 4 is 0 Å². The molecule has 6 aliphatic rings. The number of nitrogens with zero attached hydrogens (tertiary/aromatic N) is 2. The molecule has 1 spiro atoms. The van der Waals surface area contributed by atoms with Gasteiger partial charge in [-0.15, -0.1) is 0 Å². The summed E-state index contributed by atoms with van der Waals surface area (Å²) in [6, 6.07) is 0. The van der Waals surface area contributed by atoms with E-state index in [4.69, 9.17) is 19.2 Å². The highest BCUT2D eigenvalue weighted by Gasteiger charge is 2.68. The van der Waals surface area contributed by atoms with Crippen LogP contribution in [-0.2, 0) is 19.2 Å². The molecule has 2 saturated carbocycles. The van der Waals surface area contributed by atoms with Gasteiger partial charge in [0.2, 0.25) is 0 Å². The molecule has 0 radical (unpaired) electrons. The summed E-state index contributed by atoms with van der Waals surface area (Å²) < 4.78 is 13.1. The van der Waals surface area contributed by atoms with Crippen LogP contribution in [0.25, 0.3) is 0 Å². The van der Waals surface area contributed by atoms with E-state index in [1.165, 1.54) is 32.1 Å². The first-order valence-electron chi connectivity index (χ1n) is 12.7. The van der Waals surface area contributed by atoms with Gasteiger partial charge in [-0.1, -0.05) is 13.8 Å². The molecule has 0 amide bonds. The predicted octanol–water partition coefficient (Wildman–Crippen LogP) is 4.52. The second kappa shape index (κ2) is 8.51. The number of rotatable bonds is 7. The molecule has 6 heteroatoms. The van der Waals surface area contributed by atoms with Crippen LogP contribution in [0.3, 0.4) is 0 Å². The van der Waals surface area contributed by atoms with E-state index in [1.54, 1.807) is 0 Å². The van der Waals surface area contributed by atoms with Crippen molar-refractivity contribution in [3.63, 3.8) is 0 Å². The fourth-order valence-corrected chi connectivity index (χ4v) is 7.14. The zero-order valence-electron chi connectivity index (χ0n) is 19.9. The Morgan fingerprint density at radius 2 is 1.90 bits per heavy atom. The Labute approximate surface area is 188 Å². The van der Waals surface area contributed by atoms with Crippen LogP contribution in [-0.4, -0.2) is 60.3 Å². The first-order chi connectivity index (χ1) is 14.9. The number of hydrogen-bond donors (Lipinski definition) is 0. The molecular weight excluding hydrogens is 392 g/mol. The Balaban J connectivity index is 1.17. The highest BCUT2D eigenvalue weighted by atomic mass is 17.2. The first kappa shape index (κ1) is 22.0. The highest BCUT2D eigenvalue weighted by molar-refractivity contribution is 5.13. The highest BCUT2D eigenvalue weighted by Crippen LogP contribution is 2.61. The molecule has 0 aromatic rings. The van der Waals surface area contributed by atoms with Gasteiger partial charge in [-0.25, -0.2) is 9.78 Å². The van der Waals surface area contributed by atoms with Crippen LogP contribution in [0.4, 0.5) is 0 Å². The van der Waals surface area contributed by atoms with Gasteiger partial charge in [0.05, 0.1) is 12.8 Å². The Hall–Kier alpha value is -0.820. The molecule has 0 N–H and O–H groups in total. The van der Waals surface area contributed by atoms with Crippen LogP contribution >= 0.6 is 0 Å². The van der Waals surface area contributed by atoms with E-state index in [1.807, 2.05) is 0 Å². The third kappa shape index (κ3) is 3.92. The maximum atomic E-state index is 6.71. The lowest BCUT2D eigenvalue weighted by atomic mass is 9.56. The molecule has 0 unspecified atom stereocenters. The fraction of sp³-hybridized carbons (Fsp3) is 0.920. The van der Waals surface area contributed by atoms with Crippen molar-refractivity contribution in [1.29, 1.82) is 0 Å². The van der Waals surface area contributed by atoms with Crippen LogP contribution in [0.2, 0.25) is 0 Å². The van der Waals surface area contributed by atoms with E-state index in [2.05, 4.69) is 50.0 Å². The average Bonchev–Trinajstić information content (AvgIpc) is 3.02. The maximum Gasteiger partial charge on any atom is 0.160 e. The molecule has 2 bridgehead atoms. The molecule has 6 nitrogen and oxygen atoms in total. The van der Waals surface area contributed by atoms with Crippen LogP contribution < -0.4 is 0 Å². The number of unbranched alkanes of at least 4 members (excludes halogenated alkanes) is 2. The van der Waals surface area contributed by atoms with E-state index >= 15 is 0 Å². The van der Waals surface area contributed by atoms with Gasteiger partial charge in [0, 0.05) is 50.9 Å². The van der Waals surface area contributed by atoms with Crippen LogP contribution in [0.1, 0.15) is 72.1 Å². The van der Waals surface area contributed by atoms with Crippen molar-refractivity contribution in [3.05, 3.63) is 12.4 Å². The van der Waals surface area contributed by atoms with Crippen molar-refractivity contribution in [2.24, 2.45) is 23.7 Å². The molecular formula is C25H42N2O4. The molecule has 4 heterocycles. The minimum atomic E-state index is -0.274. The lowest BCUT2D eigenvalue weighted by molar-refractivity contribution is -0.495. The summed E-state index contributed by atoms with van der Waals surface area (Å²) in [7, 11) is 2.12. The Kier molecular flexibility index (Phi) is 6.04. The monoisotopic (exact) mass is 434 g/mol. The number of ether oxygens (including phenoxy) is 2. The van der Waals surface area contributed by atoms with Gasteiger partial charge in [-0.05, 0) is 63.7 Å². The summed E-state index contributed by atoms with van der Waals surface area (Å²) >= 11 is 0. The van der Waals surface area contributed by atoms with Crippen molar-refractivity contribution in [2.45, 2.75) is 95.7 Å². The summed E-state index contributed by atoms with van der Waals surface area (Å²) in [5, 5.41) is 0. The third-order valence-electron chi connectivity index (χ3n) is 8.94. The van der Waals surface area contributed by atoms with Crippen LogP contribution in [0, 0.1) is 23.7 Å². The fourth-order valence-electron chi connectivity index (χ4n) is 7.14. The zero-order valence-corrected chi connectivity index (χ0v) is 19.9. The Morgan fingerprint density at radius 3 is 2.71 bits per heavy atom. The minimum absolute atomic E-state index is 0.0895. The molecule has 176 valence electrons. The van der Waals surface area contributed by atoms with Crippen molar-refractivity contribution in [3.8, 4) is 0 Å². The summed E-state index contributed by atoms with van der Waals surface area (Å²) in [5.41, 5.74) is -0.496. The molecule has 2 aliphatic carbocycles. The van der Waals surface area contributed by atoms with Gasteiger partial charge in [-0.2, -0.15) is 0 Å². The summed E-state index contributed by atoms with van der Waals surface area (Å²) in [5.74, 6) is 1.99.